The van der Waals surface area contributed by atoms with Crippen molar-refractivity contribution in [3.05, 3.63) is 0 Å². The lowest BCUT2D eigenvalue weighted by molar-refractivity contribution is 0.172. The summed E-state index contributed by atoms with van der Waals surface area (Å²) in [6.45, 7) is 4.90. The number of aliphatic hydroxyl groups excluding tert-OH is 1. The maximum Gasteiger partial charge on any atom is 0.0459 e. The summed E-state index contributed by atoms with van der Waals surface area (Å²) in [4.78, 5) is 0. The topological polar surface area (TPSA) is 32.3 Å². The monoisotopic (exact) mass is 199 g/mol. The Morgan fingerprint density at radius 3 is 2.43 bits per heavy atom. The average Bonchev–Trinajstić information content (AvgIpc) is 2.19. The van der Waals surface area contributed by atoms with Crippen LogP contribution in [-0.4, -0.2) is 23.8 Å². The van der Waals surface area contributed by atoms with Crippen molar-refractivity contribution in [2.75, 3.05) is 6.61 Å². The molecule has 1 rings (SSSR count). The Labute approximate surface area is 88.1 Å². The Morgan fingerprint density at radius 1 is 1.29 bits per heavy atom. The molecule has 0 aromatic carbocycles. The maximum absolute atomic E-state index is 9.02. The quantitative estimate of drug-likeness (QED) is 0.712. The molecule has 2 nitrogen and oxygen atoms in total. The summed E-state index contributed by atoms with van der Waals surface area (Å²) in [5.41, 5.74) is 0. The van der Waals surface area contributed by atoms with Gasteiger partial charge in [-0.2, -0.15) is 0 Å². The summed E-state index contributed by atoms with van der Waals surface area (Å²) in [7, 11) is 0. The molecular formula is C12H25NO. The van der Waals surface area contributed by atoms with E-state index in [1.165, 1.54) is 38.5 Å². The second-order valence-electron chi connectivity index (χ2n) is 4.76. The first-order valence-electron chi connectivity index (χ1n) is 6.13. The molecule has 1 aliphatic rings. The lowest BCUT2D eigenvalue weighted by atomic mass is 9.86. The second kappa shape index (κ2) is 6.41. The van der Waals surface area contributed by atoms with E-state index in [9.17, 15) is 0 Å². The predicted octanol–water partition coefficient (Wildman–Crippen LogP) is 2.32. The van der Waals surface area contributed by atoms with E-state index in [0.717, 1.165) is 0 Å². The Bertz CT molecular complexity index is 141. The van der Waals surface area contributed by atoms with E-state index in [0.29, 0.717) is 24.6 Å². The van der Waals surface area contributed by atoms with Crippen LogP contribution in [-0.2, 0) is 0 Å². The van der Waals surface area contributed by atoms with E-state index < -0.39 is 0 Å². The van der Waals surface area contributed by atoms with E-state index >= 15 is 0 Å². The molecule has 0 aromatic heterocycles. The summed E-state index contributed by atoms with van der Waals surface area (Å²) >= 11 is 0. The Balaban J connectivity index is 2.15. The van der Waals surface area contributed by atoms with Crippen molar-refractivity contribution < 1.29 is 5.11 Å². The van der Waals surface area contributed by atoms with Gasteiger partial charge in [-0.3, -0.25) is 0 Å². The van der Waals surface area contributed by atoms with Gasteiger partial charge in [-0.25, -0.2) is 0 Å². The number of hydrogen-bond donors (Lipinski definition) is 2. The van der Waals surface area contributed by atoms with Crippen molar-refractivity contribution in [1.82, 2.24) is 5.32 Å². The molecule has 2 N–H and O–H groups in total. The molecule has 1 aliphatic carbocycles. The molecule has 14 heavy (non-hydrogen) atoms. The minimum Gasteiger partial charge on any atom is -0.396 e. The zero-order valence-electron chi connectivity index (χ0n) is 9.63. The number of hydrogen-bond acceptors (Lipinski definition) is 2. The number of rotatable bonds is 5. The average molecular weight is 199 g/mol. The highest BCUT2D eigenvalue weighted by molar-refractivity contribution is 4.78. The first-order chi connectivity index (χ1) is 6.76. The molecule has 0 heterocycles. The highest BCUT2D eigenvalue weighted by Gasteiger charge is 2.20. The standard InChI is InChI=1S/C12H25NO/c1-3-4-10(2)13-12-7-5-11(9-14)6-8-12/h10-14H,3-9H2,1-2H3. The van der Waals surface area contributed by atoms with Gasteiger partial charge in [0.05, 0.1) is 0 Å². The normalized spacial score (nSPS) is 30.2. The fourth-order valence-electron chi connectivity index (χ4n) is 2.43. The zero-order valence-corrected chi connectivity index (χ0v) is 9.63. The van der Waals surface area contributed by atoms with Crippen molar-refractivity contribution in [2.45, 2.75) is 64.5 Å². The molecule has 84 valence electrons. The first-order valence-corrected chi connectivity index (χ1v) is 6.13. The minimum atomic E-state index is 0.386. The van der Waals surface area contributed by atoms with Gasteiger partial charge >= 0.3 is 0 Å². The van der Waals surface area contributed by atoms with Gasteiger partial charge in [-0.05, 0) is 44.9 Å². The van der Waals surface area contributed by atoms with Gasteiger partial charge in [0.2, 0.25) is 0 Å². The van der Waals surface area contributed by atoms with Crippen LogP contribution < -0.4 is 5.32 Å². The van der Waals surface area contributed by atoms with Crippen LogP contribution in [0.4, 0.5) is 0 Å². The van der Waals surface area contributed by atoms with Crippen molar-refractivity contribution in [3.63, 3.8) is 0 Å². The van der Waals surface area contributed by atoms with Gasteiger partial charge < -0.3 is 10.4 Å². The van der Waals surface area contributed by atoms with E-state index in [2.05, 4.69) is 19.2 Å². The molecule has 1 saturated carbocycles. The SMILES string of the molecule is CCCC(C)NC1CCC(CO)CC1. The molecular weight excluding hydrogens is 174 g/mol. The second-order valence-corrected chi connectivity index (χ2v) is 4.76. The fourth-order valence-corrected chi connectivity index (χ4v) is 2.43. The van der Waals surface area contributed by atoms with Gasteiger partial charge in [-0.1, -0.05) is 13.3 Å². The van der Waals surface area contributed by atoms with Crippen LogP contribution in [0.3, 0.4) is 0 Å². The minimum absolute atomic E-state index is 0.386. The number of nitrogens with one attached hydrogen (secondary N) is 1. The van der Waals surface area contributed by atoms with Crippen LogP contribution in [0.25, 0.3) is 0 Å². The molecule has 0 saturated heterocycles. The lowest BCUT2D eigenvalue weighted by Crippen LogP contribution is -2.39. The van der Waals surface area contributed by atoms with Crippen molar-refractivity contribution in [1.29, 1.82) is 0 Å². The largest absolute Gasteiger partial charge is 0.396 e. The molecule has 1 fully saturated rings. The molecule has 0 amide bonds. The van der Waals surface area contributed by atoms with Crippen LogP contribution >= 0.6 is 0 Å². The Hall–Kier alpha value is -0.0800. The summed E-state index contributed by atoms with van der Waals surface area (Å²) in [5.74, 6) is 0.578. The maximum atomic E-state index is 9.02. The van der Waals surface area contributed by atoms with E-state index in [4.69, 9.17) is 5.11 Å². The van der Waals surface area contributed by atoms with Crippen molar-refractivity contribution in [3.8, 4) is 0 Å². The third-order valence-corrected chi connectivity index (χ3v) is 3.35. The van der Waals surface area contributed by atoms with Gasteiger partial charge in [0, 0.05) is 18.7 Å². The predicted molar refractivity (Wildman–Crippen MR) is 60.3 cm³/mol. The van der Waals surface area contributed by atoms with Gasteiger partial charge in [0.15, 0.2) is 0 Å². The zero-order chi connectivity index (χ0) is 10.4. The summed E-state index contributed by atoms with van der Waals surface area (Å²) < 4.78 is 0. The summed E-state index contributed by atoms with van der Waals surface area (Å²) in [6, 6.07) is 1.37. The van der Waals surface area contributed by atoms with Crippen LogP contribution in [0, 0.1) is 5.92 Å². The molecule has 1 unspecified atom stereocenters. The van der Waals surface area contributed by atoms with E-state index in [1.54, 1.807) is 0 Å². The summed E-state index contributed by atoms with van der Waals surface area (Å²) in [6.07, 6.45) is 7.44. The van der Waals surface area contributed by atoms with Gasteiger partial charge in [-0.15, -0.1) is 0 Å². The first kappa shape index (κ1) is 12.0. The van der Waals surface area contributed by atoms with Crippen molar-refractivity contribution >= 4 is 0 Å². The van der Waals surface area contributed by atoms with E-state index in [-0.39, 0.29) is 0 Å². The highest BCUT2D eigenvalue weighted by Crippen LogP contribution is 2.24. The molecule has 2 heteroatoms. The molecule has 0 aromatic rings. The fraction of sp³-hybridized carbons (Fsp3) is 1.00. The summed E-state index contributed by atoms with van der Waals surface area (Å²) in [5, 5.41) is 12.7. The van der Waals surface area contributed by atoms with Crippen LogP contribution in [0.5, 0.6) is 0 Å². The number of aliphatic hydroxyl groups is 1. The molecule has 0 aliphatic heterocycles. The Kier molecular flexibility index (Phi) is 5.49. The molecule has 1 atom stereocenters. The molecule has 0 bridgehead atoms. The van der Waals surface area contributed by atoms with Crippen LogP contribution in [0.15, 0.2) is 0 Å². The smallest absolute Gasteiger partial charge is 0.0459 e. The lowest BCUT2D eigenvalue weighted by Gasteiger charge is -2.30. The van der Waals surface area contributed by atoms with Crippen LogP contribution in [0.2, 0.25) is 0 Å². The van der Waals surface area contributed by atoms with Gasteiger partial charge in [0.1, 0.15) is 0 Å². The van der Waals surface area contributed by atoms with Crippen molar-refractivity contribution in [2.24, 2.45) is 5.92 Å². The van der Waals surface area contributed by atoms with E-state index in [1.807, 2.05) is 0 Å². The molecule has 0 radical (unpaired) electrons. The van der Waals surface area contributed by atoms with Gasteiger partial charge in [0.25, 0.3) is 0 Å². The van der Waals surface area contributed by atoms with Crippen LogP contribution in [0.1, 0.15) is 52.4 Å². The highest BCUT2D eigenvalue weighted by atomic mass is 16.3. The Morgan fingerprint density at radius 2 is 1.93 bits per heavy atom. The molecule has 0 spiro atoms. The third kappa shape index (κ3) is 3.97. The third-order valence-electron chi connectivity index (χ3n) is 3.35.